The first-order valence-electron chi connectivity index (χ1n) is 8.14. The predicted molar refractivity (Wildman–Crippen MR) is 110 cm³/mol. The second-order valence-electron chi connectivity index (χ2n) is 5.86. The highest BCUT2D eigenvalue weighted by Gasteiger charge is 2.12. The van der Waals surface area contributed by atoms with Crippen LogP contribution in [0.3, 0.4) is 0 Å². The van der Waals surface area contributed by atoms with Gasteiger partial charge in [0.1, 0.15) is 0 Å². The van der Waals surface area contributed by atoms with Crippen molar-refractivity contribution < 1.29 is 9.59 Å². The molecule has 3 amide bonds. The van der Waals surface area contributed by atoms with Crippen molar-refractivity contribution in [2.45, 2.75) is 6.92 Å². The monoisotopic (exact) mass is 424 g/mol. The summed E-state index contributed by atoms with van der Waals surface area (Å²) in [5.41, 5.74) is 9.12. The van der Waals surface area contributed by atoms with Gasteiger partial charge in [-0.3, -0.25) is 9.78 Å². The van der Waals surface area contributed by atoms with E-state index in [1.807, 2.05) is 30.3 Å². The molecule has 3 aromatic rings. The Bertz CT molecular complexity index is 1000. The van der Waals surface area contributed by atoms with E-state index in [4.69, 9.17) is 5.73 Å². The topological polar surface area (TPSA) is 97.1 Å². The maximum absolute atomic E-state index is 12.6. The van der Waals surface area contributed by atoms with Crippen LogP contribution in [0.2, 0.25) is 0 Å². The number of primary amides is 1. The van der Waals surface area contributed by atoms with E-state index < -0.39 is 6.03 Å². The molecule has 0 atom stereocenters. The van der Waals surface area contributed by atoms with Crippen LogP contribution in [0.5, 0.6) is 0 Å². The molecule has 0 unspecified atom stereocenters. The van der Waals surface area contributed by atoms with Gasteiger partial charge in [-0.05, 0) is 55.5 Å². The molecule has 136 valence electrons. The van der Waals surface area contributed by atoms with Crippen LogP contribution in [0.15, 0.2) is 65.1 Å². The molecule has 4 N–H and O–H groups in total. The third-order valence-corrected chi connectivity index (χ3v) is 4.35. The van der Waals surface area contributed by atoms with Gasteiger partial charge in [0.05, 0.1) is 17.0 Å². The summed E-state index contributed by atoms with van der Waals surface area (Å²) in [6.07, 6.45) is 0. The van der Waals surface area contributed by atoms with Crippen LogP contribution in [0.25, 0.3) is 11.3 Å². The molecular formula is C20H17BrN4O2. The quantitative estimate of drug-likeness (QED) is 0.572. The number of pyridine rings is 1. The SMILES string of the molecule is Cc1nc(-c2cccc(Br)c2)ccc1C(=O)Nc1ccc(NC(N)=O)cc1. The second-order valence-corrected chi connectivity index (χ2v) is 6.78. The highest BCUT2D eigenvalue weighted by molar-refractivity contribution is 9.10. The number of anilines is 2. The Balaban J connectivity index is 1.76. The number of hydrogen-bond acceptors (Lipinski definition) is 3. The van der Waals surface area contributed by atoms with E-state index in [0.717, 1.165) is 15.7 Å². The fraction of sp³-hybridized carbons (Fsp3) is 0.0500. The lowest BCUT2D eigenvalue weighted by Crippen LogP contribution is -2.19. The lowest BCUT2D eigenvalue weighted by molar-refractivity contribution is 0.102. The van der Waals surface area contributed by atoms with Gasteiger partial charge >= 0.3 is 6.03 Å². The van der Waals surface area contributed by atoms with Crippen LogP contribution in [-0.4, -0.2) is 16.9 Å². The fourth-order valence-corrected chi connectivity index (χ4v) is 2.99. The summed E-state index contributed by atoms with van der Waals surface area (Å²) in [5.74, 6) is -0.253. The van der Waals surface area contributed by atoms with E-state index in [2.05, 4.69) is 31.5 Å². The molecule has 0 aliphatic carbocycles. The van der Waals surface area contributed by atoms with Crippen LogP contribution >= 0.6 is 15.9 Å². The molecule has 0 aliphatic heterocycles. The molecule has 0 radical (unpaired) electrons. The van der Waals surface area contributed by atoms with Crippen molar-refractivity contribution in [2.75, 3.05) is 10.6 Å². The average molecular weight is 425 g/mol. The zero-order valence-electron chi connectivity index (χ0n) is 14.5. The smallest absolute Gasteiger partial charge is 0.316 e. The molecule has 0 spiro atoms. The Morgan fingerprint density at radius 2 is 1.63 bits per heavy atom. The van der Waals surface area contributed by atoms with Gasteiger partial charge in [0, 0.05) is 21.4 Å². The van der Waals surface area contributed by atoms with Crippen molar-refractivity contribution in [1.29, 1.82) is 0 Å². The summed E-state index contributed by atoms with van der Waals surface area (Å²) in [4.78, 5) is 27.9. The number of halogens is 1. The number of amides is 3. The van der Waals surface area contributed by atoms with Crippen molar-refractivity contribution in [3.05, 3.63) is 76.4 Å². The molecule has 1 aromatic heterocycles. The average Bonchev–Trinajstić information content (AvgIpc) is 2.62. The van der Waals surface area contributed by atoms with Crippen molar-refractivity contribution in [1.82, 2.24) is 4.98 Å². The molecule has 27 heavy (non-hydrogen) atoms. The summed E-state index contributed by atoms with van der Waals surface area (Å²) >= 11 is 3.45. The molecule has 0 saturated carbocycles. The number of benzene rings is 2. The lowest BCUT2D eigenvalue weighted by atomic mass is 10.1. The summed E-state index contributed by atoms with van der Waals surface area (Å²) < 4.78 is 0.968. The summed E-state index contributed by atoms with van der Waals surface area (Å²) in [6, 6.07) is 17.4. The normalized spacial score (nSPS) is 10.3. The molecule has 1 heterocycles. The minimum atomic E-state index is -0.640. The zero-order chi connectivity index (χ0) is 19.4. The summed E-state index contributed by atoms with van der Waals surface area (Å²) in [6.45, 7) is 1.80. The molecule has 7 heteroatoms. The lowest BCUT2D eigenvalue weighted by Gasteiger charge is -2.10. The highest BCUT2D eigenvalue weighted by atomic mass is 79.9. The molecule has 2 aromatic carbocycles. The Morgan fingerprint density at radius 3 is 2.22 bits per heavy atom. The first-order chi connectivity index (χ1) is 12.9. The standard InChI is InChI=1S/C20H17BrN4O2/c1-12-17(9-10-18(23-12)13-3-2-4-14(21)11-13)19(26)24-15-5-7-16(8-6-15)25-20(22)27/h2-11H,1H3,(H,24,26)(H3,22,25,27). The van der Waals surface area contributed by atoms with Gasteiger partial charge in [0.15, 0.2) is 0 Å². The number of aryl methyl sites for hydroxylation is 1. The van der Waals surface area contributed by atoms with E-state index >= 15 is 0 Å². The van der Waals surface area contributed by atoms with Crippen molar-refractivity contribution >= 4 is 39.2 Å². The fourth-order valence-electron chi connectivity index (χ4n) is 2.59. The van der Waals surface area contributed by atoms with Gasteiger partial charge in [0.2, 0.25) is 0 Å². The van der Waals surface area contributed by atoms with Crippen LogP contribution in [0.1, 0.15) is 16.1 Å². The number of carbonyl (C=O) groups is 2. The molecular weight excluding hydrogens is 408 g/mol. The van der Waals surface area contributed by atoms with Gasteiger partial charge in [-0.15, -0.1) is 0 Å². The Labute approximate surface area is 164 Å². The maximum Gasteiger partial charge on any atom is 0.316 e. The van der Waals surface area contributed by atoms with Gasteiger partial charge < -0.3 is 16.4 Å². The van der Waals surface area contributed by atoms with Gasteiger partial charge in [-0.2, -0.15) is 0 Å². The van der Waals surface area contributed by atoms with Crippen LogP contribution < -0.4 is 16.4 Å². The van der Waals surface area contributed by atoms with E-state index in [1.54, 1.807) is 37.3 Å². The first kappa shape index (κ1) is 18.6. The van der Waals surface area contributed by atoms with E-state index in [0.29, 0.717) is 22.6 Å². The van der Waals surface area contributed by atoms with Crippen molar-refractivity contribution in [2.24, 2.45) is 5.73 Å². The number of nitrogens with one attached hydrogen (secondary N) is 2. The van der Waals surface area contributed by atoms with Crippen molar-refractivity contribution in [3.8, 4) is 11.3 Å². The Kier molecular flexibility index (Phi) is 5.52. The van der Waals surface area contributed by atoms with Gasteiger partial charge in [0.25, 0.3) is 5.91 Å². The van der Waals surface area contributed by atoms with Gasteiger partial charge in [-0.25, -0.2) is 4.79 Å². The maximum atomic E-state index is 12.6. The third kappa shape index (κ3) is 4.71. The number of rotatable bonds is 4. The predicted octanol–water partition coefficient (Wildman–Crippen LogP) is 4.56. The first-order valence-corrected chi connectivity index (χ1v) is 8.93. The largest absolute Gasteiger partial charge is 0.351 e. The molecule has 0 aliphatic rings. The van der Waals surface area contributed by atoms with Crippen LogP contribution in [0.4, 0.5) is 16.2 Å². The highest BCUT2D eigenvalue weighted by Crippen LogP contribution is 2.23. The van der Waals surface area contributed by atoms with E-state index in [-0.39, 0.29) is 5.91 Å². The molecule has 0 saturated heterocycles. The number of urea groups is 1. The molecule has 0 fully saturated rings. The third-order valence-electron chi connectivity index (χ3n) is 3.86. The minimum absolute atomic E-state index is 0.253. The Morgan fingerprint density at radius 1 is 0.963 bits per heavy atom. The Hall–Kier alpha value is -3.19. The number of nitrogens with zero attached hydrogens (tertiary/aromatic N) is 1. The summed E-state index contributed by atoms with van der Waals surface area (Å²) in [7, 11) is 0. The van der Waals surface area contributed by atoms with Crippen LogP contribution in [-0.2, 0) is 0 Å². The minimum Gasteiger partial charge on any atom is -0.351 e. The summed E-state index contributed by atoms with van der Waals surface area (Å²) in [5, 5.41) is 5.28. The van der Waals surface area contributed by atoms with Crippen molar-refractivity contribution in [3.63, 3.8) is 0 Å². The molecule has 6 nitrogen and oxygen atoms in total. The molecule has 3 rings (SSSR count). The number of hydrogen-bond donors (Lipinski definition) is 3. The number of nitrogens with two attached hydrogens (primary N) is 1. The van der Waals surface area contributed by atoms with Gasteiger partial charge in [-0.1, -0.05) is 28.1 Å². The second kappa shape index (κ2) is 8.01. The van der Waals surface area contributed by atoms with E-state index in [1.165, 1.54) is 0 Å². The number of aromatic nitrogens is 1. The zero-order valence-corrected chi connectivity index (χ0v) is 16.1. The van der Waals surface area contributed by atoms with Crippen LogP contribution in [0, 0.1) is 6.92 Å². The van der Waals surface area contributed by atoms with E-state index in [9.17, 15) is 9.59 Å². The molecule has 0 bridgehead atoms. The number of carbonyl (C=O) groups excluding carboxylic acids is 2.